The summed E-state index contributed by atoms with van der Waals surface area (Å²) < 4.78 is 0.812. The zero-order chi connectivity index (χ0) is 13.1. The third-order valence-electron chi connectivity index (χ3n) is 3.02. The number of nitrogens with zero attached hydrogens (tertiary/aromatic N) is 1. The molecule has 1 aromatic rings. The number of unbranched alkanes of at least 4 members (excludes halogenated alkanes) is 2. The first-order chi connectivity index (χ1) is 8.65. The van der Waals surface area contributed by atoms with E-state index < -0.39 is 0 Å². The molecule has 1 aliphatic rings. The van der Waals surface area contributed by atoms with E-state index in [-0.39, 0.29) is 11.8 Å². The van der Waals surface area contributed by atoms with E-state index in [4.69, 9.17) is 5.73 Å². The molecule has 0 radical (unpaired) electrons. The van der Waals surface area contributed by atoms with Crippen molar-refractivity contribution in [2.24, 2.45) is 5.73 Å². The quantitative estimate of drug-likeness (QED) is 0.669. The Bertz CT molecular complexity index is 488. The Morgan fingerprint density at radius 3 is 2.50 bits per heavy atom. The van der Waals surface area contributed by atoms with Crippen molar-refractivity contribution in [3.8, 4) is 0 Å². The van der Waals surface area contributed by atoms with E-state index in [0.29, 0.717) is 24.2 Å². The van der Waals surface area contributed by atoms with Gasteiger partial charge in [0.15, 0.2) is 0 Å². The van der Waals surface area contributed by atoms with Crippen LogP contribution in [-0.4, -0.2) is 29.8 Å². The lowest BCUT2D eigenvalue weighted by molar-refractivity contribution is 0.0651. The minimum Gasteiger partial charge on any atom is -0.330 e. The molecule has 0 saturated heterocycles. The van der Waals surface area contributed by atoms with Crippen LogP contribution in [0.5, 0.6) is 0 Å². The molecule has 5 heteroatoms. The molecule has 2 amide bonds. The molecular weight excluding hydrogens is 296 g/mol. The van der Waals surface area contributed by atoms with Crippen molar-refractivity contribution >= 4 is 27.7 Å². The van der Waals surface area contributed by atoms with Crippen LogP contribution in [0.4, 0.5) is 0 Å². The predicted octanol–water partition coefficient (Wildman–Crippen LogP) is 2.17. The van der Waals surface area contributed by atoms with Gasteiger partial charge in [-0.2, -0.15) is 0 Å². The van der Waals surface area contributed by atoms with Crippen molar-refractivity contribution in [1.82, 2.24) is 4.90 Å². The number of halogens is 1. The molecule has 0 bridgehead atoms. The normalized spacial score (nSPS) is 14.2. The van der Waals surface area contributed by atoms with Gasteiger partial charge in [-0.3, -0.25) is 14.5 Å². The molecule has 0 spiro atoms. The summed E-state index contributed by atoms with van der Waals surface area (Å²) in [6.07, 6.45) is 2.67. The van der Waals surface area contributed by atoms with Crippen molar-refractivity contribution < 1.29 is 9.59 Å². The molecule has 0 saturated carbocycles. The van der Waals surface area contributed by atoms with E-state index in [9.17, 15) is 9.59 Å². The Balaban J connectivity index is 2.08. The van der Waals surface area contributed by atoms with Gasteiger partial charge in [-0.25, -0.2) is 0 Å². The van der Waals surface area contributed by atoms with Crippen molar-refractivity contribution in [2.75, 3.05) is 13.1 Å². The Morgan fingerprint density at radius 1 is 1.06 bits per heavy atom. The van der Waals surface area contributed by atoms with Gasteiger partial charge < -0.3 is 5.73 Å². The maximum Gasteiger partial charge on any atom is 0.261 e. The third kappa shape index (κ3) is 2.47. The standard InChI is InChI=1S/C13H15BrN2O2/c14-9-4-5-10-11(8-9)13(18)16(12(10)17)7-3-1-2-6-15/h4-5,8H,1-3,6-7,15H2. The minimum atomic E-state index is -0.191. The second-order valence-corrected chi connectivity index (χ2v) is 5.22. The van der Waals surface area contributed by atoms with Crippen LogP contribution >= 0.6 is 15.9 Å². The van der Waals surface area contributed by atoms with Crippen molar-refractivity contribution in [2.45, 2.75) is 19.3 Å². The van der Waals surface area contributed by atoms with Gasteiger partial charge in [-0.1, -0.05) is 22.4 Å². The number of nitrogens with two attached hydrogens (primary N) is 1. The SMILES string of the molecule is NCCCCCN1C(=O)c2ccc(Br)cc2C1=O. The van der Waals surface area contributed by atoms with Crippen molar-refractivity contribution in [3.05, 3.63) is 33.8 Å². The summed E-state index contributed by atoms with van der Waals surface area (Å²) in [6, 6.07) is 5.18. The highest BCUT2D eigenvalue weighted by molar-refractivity contribution is 9.10. The van der Waals surface area contributed by atoms with E-state index >= 15 is 0 Å². The molecule has 0 atom stereocenters. The number of carbonyl (C=O) groups is 2. The highest BCUT2D eigenvalue weighted by Crippen LogP contribution is 2.26. The fourth-order valence-corrected chi connectivity index (χ4v) is 2.42. The number of hydrogen-bond donors (Lipinski definition) is 1. The van der Waals surface area contributed by atoms with Gasteiger partial charge in [0.25, 0.3) is 11.8 Å². The van der Waals surface area contributed by atoms with Gasteiger partial charge in [-0.15, -0.1) is 0 Å². The monoisotopic (exact) mass is 310 g/mol. The van der Waals surface area contributed by atoms with Gasteiger partial charge in [-0.05, 0) is 37.6 Å². The molecule has 96 valence electrons. The molecule has 2 rings (SSSR count). The fourth-order valence-electron chi connectivity index (χ4n) is 2.06. The number of rotatable bonds is 5. The molecule has 2 N–H and O–H groups in total. The number of amides is 2. The second-order valence-electron chi connectivity index (χ2n) is 4.30. The van der Waals surface area contributed by atoms with E-state index in [0.717, 1.165) is 23.7 Å². The smallest absolute Gasteiger partial charge is 0.261 e. The Labute approximate surface area is 114 Å². The lowest BCUT2D eigenvalue weighted by Crippen LogP contribution is -2.30. The molecule has 0 aliphatic carbocycles. The summed E-state index contributed by atoms with van der Waals surface area (Å²) >= 11 is 3.31. The van der Waals surface area contributed by atoms with E-state index in [1.54, 1.807) is 18.2 Å². The first-order valence-electron chi connectivity index (χ1n) is 6.01. The fraction of sp³-hybridized carbons (Fsp3) is 0.385. The largest absolute Gasteiger partial charge is 0.330 e. The number of hydrogen-bond acceptors (Lipinski definition) is 3. The van der Waals surface area contributed by atoms with Crippen LogP contribution in [0.2, 0.25) is 0 Å². The third-order valence-corrected chi connectivity index (χ3v) is 3.51. The van der Waals surface area contributed by atoms with E-state index in [2.05, 4.69) is 15.9 Å². The summed E-state index contributed by atoms with van der Waals surface area (Å²) in [7, 11) is 0. The summed E-state index contributed by atoms with van der Waals surface area (Å²) in [5.74, 6) is -0.376. The average molecular weight is 311 g/mol. The summed E-state index contributed by atoms with van der Waals surface area (Å²) in [4.78, 5) is 25.5. The Kier molecular flexibility index (Phi) is 4.14. The van der Waals surface area contributed by atoms with Crippen molar-refractivity contribution in [1.29, 1.82) is 0 Å². The maximum atomic E-state index is 12.1. The topological polar surface area (TPSA) is 63.4 Å². The number of imide groups is 1. The Hall–Kier alpha value is -1.20. The second kappa shape index (κ2) is 5.63. The number of carbonyl (C=O) groups excluding carboxylic acids is 2. The number of fused-ring (bicyclic) bond motifs is 1. The molecule has 4 nitrogen and oxygen atoms in total. The minimum absolute atomic E-state index is 0.185. The van der Waals surface area contributed by atoms with Crippen LogP contribution in [0, 0.1) is 0 Å². The number of benzene rings is 1. The van der Waals surface area contributed by atoms with Crippen LogP contribution in [0.3, 0.4) is 0 Å². The van der Waals surface area contributed by atoms with Gasteiger partial charge in [0.2, 0.25) is 0 Å². The summed E-state index contributed by atoms with van der Waals surface area (Å²) in [5, 5.41) is 0. The molecule has 0 fully saturated rings. The van der Waals surface area contributed by atoms with E-state index in [1.807, 2.05) is 0 Å². The van der Waals surface area contributed by atoms with Gasteiger partial charge >= 0.3 is 0 Å². The summed E-state index contributed by atoms with van der Waals surface area (Å²) in [5.41, 5.74) is 6.41. The van der Waals surface area contributed by atoms with Crippen LogP contribution in [0.1, 0.15) is 40.0 Å². The summed E-state index contributed by atoms with van der Waals surface area (Å²) in [6.45, 7) is 1.12. The molecule has 1 heterocycles. The van der Waals surface area contributed by atoms with Crippen LogP contribution in [0.25, 0.3) is 0 Å². The first-order valence-corrected chi connectivity index (χ1v) is 6.80. The highest BCUT2D eigenvalue weighted by atomic mass is 79.9. The maximum absolute atomic E-state index is 12.1. The van der Waals surface area contributed by atoms with Crippen LogP contribution in [0.15, 0.2) is 22.7 Å². The van der Waals surface area contributed by atoms with Crippen LogP contribution in [-0.2, 0) is 0 Å². The average Bonchev–Trinajstić information content (AvgIpc) is 2.59. The molecule has 1 aliphatic heterocycles. The van der Waals surface area contributed by atoms with Crippen LogP contribution < -0.4 is 5.73 Å². The molecule has 0 unspecified atom stereocenters. The molecule has 18 heavy (non-hydrogen) atoms. The highest BCUT2D eigenvalue weighted by Gasteiger charge is 2.34. The van der Waals surface area contributed by atoms with Gasteiger partial charge in [0, 0.05) is 11.0 Å². The molecular formula is C13H15BrN2O2. The Morgan fingerprint density at radius 2 is 1.78 bits per heavy atom. The first kappa shape index (κ1) is 13.2. The molecule has 0 aromatic heterocycles. The molecule has 1 aromatic carbocycles. The predicted molar refractivity (Wildman–Crippen MR) is 72.4 cm³/mol. The van der Waals surface area contributed by atoms with Gasteiger partial charge in [0.05, 0.1) is 11.1 Å². The lowest BCUT2D eigenvalue weighted by atomic mass is 10.1. The zero-order valence-electron chi connectivity index (χ0n) is 9.99. The lowest BCUT2D eigenvalue weighted by Gasteiger charge is -2.13. The van der Waals surface area contributed by atoms with E-state index in [1.165, 1.54) is 4.90 Å². The van der Waals surface area contributed by atoms with Crippen molar-refractivity contribution in [3.63, 3.8) is 0 Å². The zero-order valence-corrected chi connectivity index (χ0v) is 11.6. The van der Waals surface area contributed by atoms with Gasteiger partial charge in [0.1, 0.15) is 0 Å².